The van der Waals surface area contributed by atoms with Crippen LogP contribution < -0.4 is 10.2 Å². The molecule has 5 aliphatic rings. The molecule has 1 aliphatic carbocycles. The van der Waals surface area contributed by atoms with Crippen LogP contribution in [0.3, 0.4) is 0 Å². The summed E-state index contributed by atoms with van der Waals surface area (Å²) in [7, 11) is 4.51. The summed E-state index contributed by atoms with van der Waals surface area (Å²) in [4.78, 5) is 112. The maximum atomic E-state index is 14.7. The highest BCUT2D eigenvalue weighted by atomic mass is 16.6. The van der Waals surface area contributed by atoms with E-state index in [1.165, 1.54) is 24.4 Å². The molecule has 4 aliphatic heterocycles. The Bertz CT molecular complexity index is 2600. The summed E-state index contributed by atoms with van der Waals surface area (Å²) >= 11 is 0. The number of carbonyl (C=O) groups is 7. The summed E-state index contributed by atoms with van der Waals surface area (Å²) < 4.78 is 41.5. The van der Waals surface area contributed by atoms with Crippen LogP contribution in [0.1, 0.15) is 143 Å². The van der Waals surface area contributed by atoms with Crippen molar-refractivity contribution in [2.75, 3.05) is 78.7 Å². The van der Waals surface area contributed by atoms with Gasteiger partial charge in [-0.05, 0) is 114 Å². The van der Waals surface area contributed by atoms with Gasteiger partial charge in [0.25, 0.3) is 17.6 Å². The first kappa shape index (κ1) is 70.3. The van der Waals surface area contributed by atoms with Gasteiger partial charge in [0.2, 0.25) is 11.7 Å². The number of hydrogen-bond acceptors (Lipinski definition) is 19. The second-order valence-electron chi connectivity index (χ2n) is 24.6. The zero-order chi connectivity index (χ0) is 63.5. The van der Waals surface area contributed by atoms with Crippen LogP contribution >= 0.6 is 0 Å². The van der Waals surface area contributed by atoms with Crippen LogP contribution in [-0.4, -0.2) is 200 Å². The fourth-order valence-electron chi connectivity index (χ4n) is 12.6. The second kappa shape index (κ2) is 33.7. The van der Waals surface area contributed by atoms with Gasteiger partial charge >= 0.3 is 12.1 Å². The number of aliphatic hydroxyl groups excluding tert-OH is 1. The molecule has 22 heteroatoms. The predicted octanol–water partition coefficient (Wildman–Crippen LogP) is 6.70. The van der Waals surface area contributed by atoms with E-state index in [-0.39, 0.29) is 48.7 Å². The monoisotopic (exact) mass is 1220 g/mol. The molecule has 3 N–H and O–H groups in total. The molecule has 0 unspecified atom stereocenters. The van der Waals surface area contributed by atoms with Crippen LogP contribution in [0.15, 0.2) is 60.0 Å². The summed E-state index contributed by atoms with van der Waals surface area (Å²) in [6.45, 7) is 17.5. The number of ether oxygens (including phenoxy) is 7. The molecule has 6 rings (SSSR count). The van der Waals surface area contributed by atoms with E-state index in [4.69, 9.17) is 33.2 Å². The molecule has 15 atom stereocenters. The standard InChI is InChI=1S/C65H98N6O16/c1-12-84-31-25-66-60(76)48-38-67-63(68-39-48)69-27-29-70(30-28-69)64(79)86-52-24-22-47(35-55(52)82-10)34-43(5)54-37-51(72)42(4)33-45(7)57(74)58(83-11)56(73)44(6)32-40(2)18-14-13-15-19-41(3)53(81-9)36-49-23-21-46(8)65(80,87-49)59(75)61(77)71-26-17-16-20-50(71)62(78)85-54/h13-15,18-19,33,38-40,42-44,46-47,49-50,52-55,57-58,74,80H,12,16-17,20-32,34-37H2,1-11H3,(H,66,76)/b15-13+,18-14+,41-19+,45-33+/t40-,42-,43-,44-,46-,47+,49+,50+,52-,53+,54+,55-,57-,58+,65-/m1/s1. The topological polar surface area (TPSA) is 272 Å². The number of anilines is 1. The lowest BCUT2D eigenvalue weighted by Crippen LogP contribution is -2.61. The Balaban J connectivity index is 1.18. The number of rotatable bonds is 13. The summed E-state index contributed by atoms with van der Waals surface area (Å²) in [6, 6.07) is -1.20. The Morgan fingerprint density at radius 3 is 2.24 bits per heavy atom. The molecule has 1 aromatic heterocycles. The highest BCUT2D eigenvalue weighted by Crippen LogP contribution is 2.38. The third-order valence-corrected chi connectivity index (χ3v) is 18.2. The van der Waals surface area contributed by atoms with E-state index in [2.05, 4.69) is 15.3 Å². The van der Waals surface area contributed by atoms with E-state index in [0.717, 1.165) is 5.57 Å². The largest absolute Gasteiger partial charge is 0.460 e. The van der Waals surface area contributed by atoms with Crippen LogP contribution in [0.5, 0.6) is 0 Å². The number of aliphatic hydroxyl groups is 2. The van der Waals surface area contributed by atoms with Gasteiger partial charge in [0.05, 0.1) is 30.5 Å². The van der Waals surface area contributed by atoms with Crippen molar-refractivity contribution in [2.24, 2.45) is 35.5 Å². The molecular formula is C65H98N6O16. The van der Waals surface area contributed by atoms with Crippen molar-refractivity contribution in [2.45, 2.75) is 187 Å². The molecule has 3 amide bonds. The van der Waals surface area contributed by atoms with E-state index in [1.807, 2.05) is 63.0 Å². The average Bonchev–Trinajstić information content (AvgIpc) is 1.26. The number of nitrogens with zero attached hydrogens (tertiary/aromatic N) is 5. The van der Waals surface area contributed by atoms with Crippen molar-refractivity contribution >= 4 is 47.2 Å². The van der Waals surface area contributed by atoms with Crippen LogP contribution in [0, 0.1) is 35.5 Å². The van der Waals surface area contributed by atoms with Gasteiger partial charge in [-0.15, -0.1) is 0 Å². The van der Waals surface area contributed by atoms with Crippen molar-refractivity contribution < 1.29 is 76.9 Å². The SMILES string of the molecule is CCOCCNC(=O)c1cnc(N2CCN(C(=O)O[C@@H]3CC[C@@H](C[C@@H](C)[C@@H]4CC(=O)[C@H](C)/C=C(\C)[C@@H](O)[C@@H](OC)C(=O)[C@H](C)C[C@H](C)/C=C/C=C/C=C(\C)[C@@H](OC)C[C@@H]5CC[C@@H](C)[C@@](O)(O5)C(=O)C(=O)N5CCCC[C@H]5C(=O)O4)C[C@H]3OC)CC2)nc1. The summed E-state index contributed by atoms with van der Waals surface area (Å²) in [5.74, 6) is -8.41. The Kier molecular flexibility index (Phi) is 27.3. The molecule has 87 heavy (non-hydrogen) atoms. The van der Waals surface area contributed by atoms with Crippen molar-refractivity contribution in [3.8, 4) is 0 Å². The Morgan fingerprint density at radius 2 is 1.56 bits per heavy atom. The highest BCUT2D eigenvalue weighted by Gasteiger charge is 2.53. The molecular weight excluding hydrogens is 1120 g/mol. The number of allylic oxidation sites excluding steroid dienone is 6. The van der Waals surface area contributed by atoms with Crippen LogP contribution in [-0.2, 0) is 57.1 Å². The summed E-state index contributed by atoms with van der Waals surface area (Å²) in [5, 5.41) is 26.5. The summed E-state index contributed by atoms with van der Waals surface area (Å²) in [6.07, 6.45) is 12.7. The van der Waals surface area contributed by atoms with E-state index in [1.54, 1.807) is 52.9 Å². The number of methoxy groups -OCH3 is 3. The number of nitrogens with one attached hydrogen (secondary N) is 1. The van der Waals surface area contributed by atoms with Gasteiger partial charge in [-0.2, -0.15) is 0 Å². The predicted molar refractivity (Wildman–Crippen MR) is 324 cm³/mol. The van der Waals surface area contributed by atoms with Gasteiger partial charge in [-0.25, -0.2) is 19.6 Å². The molecule has 0 radical (unpaired) electrons. The van der Waals surface area contributed by atoms with Crippen molar-refractivity contribution in [1.29, 1.82) is 0 Å². The average molecular weight is 1220 g/mol. The zero-order valence-electron chi connectivity index (χ0n) is 53.2. The third kappa shape index (κ3) is 19.1. The number of piperazine rings is 1. The Labute approximate surface area is 514 Å². The lowest BCUT2D eigenvalue weighted by molar-refractivity contribution is -0.265. The number of hydrogen-bond donors (Lipinski definition) is 3. The molecule has 0 aromatic carbocycles. The zero-order valence-corrected chi connectivity index (χ0v) is 53.2. The molecule has 1 saturated carbocycles. The molecule has 2 bridgehead atoms. The minimum Gasteiger partial charge on any atom is -0.460 e. The van der Waals surface area contributed by atoms with Crippen molar-refractivity contribution in [3.05, 3.63) is 65.6 Å². The number of Topliss-reactive ketones (excluding diaryl/α,β-unsaturated/α-hetero) is 3. The maximum Gasteiger partial charge on any atom is 0.410 e. The molecule has 1 aromatic rings. The lowest BCUT2D eigenvalue weighted by atomic mass is 9.78. The lowest BCUT2D eigenvalue weighted by Gasteiger charge is -2.42. The van der Waals surface area contributed by atoms with Crippen LogP contribution in [0.25, 0.3) is 0 Å². The minimum absolute atomic E-state index is 0.0102. The van der Waals surface area contributed by atoms with Crippen molar-refractivity contribution in [3.63, 3.8) is 0 Å². The number of ketones is 3. The van der Waals surface area contributed by atoms with Crippen molar-refractivity contribution in [1.82, 2.24) is 25.1 Å². The Morgan fingerprint density at radius 1 is 0.839 bits per heavy atom. The number of cyclic esters (lactones) is 1. The number of amides is 3. The Hall–Kier alpha value is -5.75. The van der Waals surface area contributed by atoms with Gasteiger partial charge in [-0.3, -0.25) is 24.0 Å². The second-order valence-corrected chi connectivity index (χ2v) is 24.6. The number of carbonyl (C=O) groups excluding carboxylic acids is 7. The molecule has 484 valence electrons. The molecule has 22 nitrogen and oxygen atoms in total. The number of esters is 1. The minimum atomic E-state index is -2.47. The fraction of sp³-hybridized carbons (Fsp3) is 0.708. The van der Waals surface area contributed by atoms with Gasteiger partial charge in [-0.1, -0.05) is 71.1 Å². The van der Waals surface area contributed by atoms with Gasteiger partial charge in [0.15, 0.2) is 5.78 Å². The van der Waals surface area contributed by atoms with E-state index in [0.29, 0.717) is 127 Å². The number of fused-ring (bicyclic) bond motifs is 3. The normalized spacial score (nSPS) is 34.1. The first-order valence-electron chi connectivity index (χ1n) is 31.4. The molecule has 3 saturated heterocycles. The quantitative estimate of drug-likeness (QED) is 0.0802. The van der Waals surface area contributed by atoms with Gasteiger partial charge in [0, 0.05) is 110 Å². The van der Waals surface area contributed by atoms with Gasteiger partial charge < -0.3 is 63.4 Å². The maximum absolute atomic E-state index is 14.7. The number of piperidine rings is 1. The summed E-state index contributed by atoms with van der Waals surface area (Å²) in [5.41, 5.74) is 1.55. The molecule has 4 fully saturated rings. The van der Waals surface area contributed by atoms with Crippen LogP contribution in [0.2, 0.25) is 0 Å². The number of aromatic nitrogens is 2. The first-order valence-corrected chi connectivity index (χ1v) is 31.4. The molecule has 5 heterocycles. The van der Waals surface area contributed by atoms with E-state index < -0.39 is 102 Å². The van der Waals surface area contributed by atoms with Crippen LogP contribution in [0.4, 0.5) is 10.7 Å². The third-order valence-electron chi connectivity index (χ3n) is 18.2. The smallest absolute Gasteiger partial charge is 0.410 e. The van der Waals surface area contributed by atoms with Gasteiger partial charge in [0.1, 0.15) is 36.2 Å². The van der Waals surface area contributed by atoms with E-state index in [9.17, 15) is 43.8 Å². The van der Waals surface area contributed by atoms with E-state index >= 15 is 0 Å². The first-order chi connectivity index (χ1) is 41.5. The highest BCUT2D eigenvalue weighted by molar-refractivity contribution is 6.39. The molecule has 0 spiro atoms. The fourth-order valence-corrected chi connectivity index (χ4v) is 12.6.